The van der Waals surface area contributed by atoms with Crippen LogP contribution in [0.2, 0.25) is 0 Å². The van der Waals surface area contributed by atoms with E-state index in [4.69, 9.17) is 10.5 Å². The molecular weight excluding hydrogens is 254 g/mol. The number of hydrogen-bond acceptors (Lipinski definition) is 5. The first kappa shape index (κ1) is 16.2. The Bertz CT molecular complexity index is 300. The molecule has 0 bridgehead atoms. The van der Waals surface area contributed by atoms with Crippen molar-refractivity contribution in [2.24, 2.45) is 11.1 Å². The second kappa shape index (κ2) is 6.71. The lowest BCUT2D eigenvalue weighted by molar-refractivity contribution is 0.0148. The highest BCUT2D eigenvalue weighted by Crippen LogP contribution is 2.26. The predicted molar refractivity (Wildman–Crippen MR) is 80.7 cm³/mol. The van der Waals surface area contributed by atoms with Crippen molar-refractivity contribution in [1.29, 1.82) is 0 Å². The summed E-state index contributed by atoms with van der Waals surface area (Å²) in [5, 5.41) is 9.76. The molecule has 5 nitrogen and oxygen atoms in total. The predicted octanol–water partition coefficient (Wildman–Crippen LogP) is 0.127. The van der Waals surface area contributed by atoms with Crippen LogP contribution in [0.3, 0.4) is 0 Å². The summed E-state index contributed by atoms with van der Waals surface area (Å²) in [5.41, 5.74) is 6.39. The smallest absolute Gasteiger partial charge is 0.0602 e. The number of ether oxygens (including phenoxy) is 1. The van der Waals surface area contributed by atoms with E-state index in [0.717, 1.165) is 39.4 Å². The monoisotopic (exact) mass is 285 g/mol. The van der Waals surface area contributed by atoms with Crippen LogP contribution in [0, 0.1) is 5.41 Å². The highest BCUT2D eigenvalue weighted by molar-refractivity contribution is 4.95. The van der Waals surface area contributed by atoms with Crippen molar-refractivity contribution in [1.82, 2.24) is 9.80 Å². The normalized spacial score (nSPS) is 29.6. The summed E-state index contributed by atoms with van der Waals surface area (Å²) in [6.07, 6.45) is 1.17. The Morgan fingerprint density at radius 3 is 2.45 bits per heavy atom. The molecule has 2 aliphatic heterocycles. The molecule has 20 heavy (non-hydrogen) atoms. The van der Waals surface area contributed by atoms with E-state index in [9.17, 15) is 5.11 Å². The second-order valence-electron chi connectivity index (χ2n) is 7.23. The number of aliphatic hydroxyl groups is 1. The van der Waals surface area contributed by atoms with E-state index in [2.05, 4.69) is 30.6 Å². The number of morpholine rings is 1. The molecule has 2 rings (SSSR count). The zero-order valence-corrected chi connectivity index (χ0v) is 13.2. The van der Waals surface area contributed by atoms with Crippen molar-refractivity contribution in [3.8, 4) is 0 Å². The Morgan fingerprint density at radius 1 is 1.25 bits per heavy atom. The maximum atomic E-state index is 9.76. The molecule has 2 heterocycles. The van der Waals surface area contributed by atoms with Gasteiger partial charge in [-0.3, -0.25) is 9.80 Å². The molecule has 0 aromatic rings. The fraction of sp³-hybridized carbons (Fsp3) is 1.00. The molecule has 3 atom stereocenters. The molecule has 0 amide bonds. The van der Waals surface area contributed by atoms with Crippen molar-refractivity contribution < 1.29 is 9.84 Å². The summed E-state index contributed by atoms with van der Waals surface area (Å²) in [4.78, 5) is 4.91. The molecule has 0 aliphatic carbocycles. The van der Waals surface area contributed by atoms with Crippen molar-refractivity contribution >= 4 is 0 Å². The lowest BCUT2D eigenvalue weighted by Crippen LogP contribution is -2.55. The first-order chi connectivity index (χ1) is 9.43. The number of likely N-dealkylation sites (tertiary alicyclic amines) is 1. The third-order valence-electron chi connectivity index (χ3n) is 4.83. The molecule has 0 aromatic carbocycles. The number of nitrogens with two attached hydrogens (primary N) is 1. The number of hydrogen-bond donors (Lipinski definition) is 2. The van der Waals surface area contributed by atoms with E-state index < -0.39 is 0 Å². The van der Waals surface area contributed by atoms with Gasteiger partial charge in [-0.1, -0.05) is 20.8 Å². The molecule has 2 fully saturated rings. The summed E-state index contributed by atoms with van der Waals surface area (Å²) in [7, 11) is 0. The average molecular weight is 285 g/mol. The summed E-state index contributed by atoms with van der Waals surface area (Å²) in [6, 6.07) is 0.664. The van der Waals surface area contributed by atoms with E-state index >= 15 is 0 Å². The molecular formula is C15H31N3O2. The van der Waals surface area contributed by atoms with Crippen LogP contribution in [0.1, 0.15) is 27.2 Å². The minimum atomic E-state index is -0.00376. The summed E-state index contributed by atoms with van der Waals surface area (Å²) >= 11 is 0. The van der Waals surface area contributed by atoms with Crippen LogP contribution < -0.4 is 5.73 Å². The quantitative estimate of drug-likeness (QED) is 0.769. The van der Waals surface area contributed by atoms with Gasteiger partial charge in [0.2, 0.25) is 0 Å². The second-order valence-corrected chi connectivity index (χ2v) is 7.23. The van der Waals surface area contributed by atoms with Crippen molar-refractivity contribution in [2.45, 2.75) is 45.3 Å². The fourth-order valence-corrected chi connectivity index (χ4v) is 3.34. The van der Waals surface area contributed by atoms with Gasteiger partial charge in [-0.2, -0.15) is 0 Å². The minimum Gasteiger partial charge on any atom is -0.395 e. The lowest BCUT2D eigenvalue weighted by atomic mass is 9.82. The first-order valence-corrected chi connectivity index (χ1v) is 7.85. The molecule has 118 valence electrons. The highest BCUT2D eigenvalue weighted by atomic mass is 16.5. The average Bonchev–Trinajstić information content (AvgIpc) is 2.89. The van der Waals surface area contributed by atoms with Gasteiger partial charge >= 0.3 is 0 Å². The Labute approximate surface area is 123 Å². The fourth-order valence-electron chi connectivity index (χ4n) is 3.34. The SMILES string of the molecule is CC(C)(C)C(N)C(CO)N1CCC(N2CCOCC2)C1. The first-order valence-electron chi connectivity index (χ1n) is 7.85. The Balaban J connectivity index is 1.92. The van der Waals surface area contributed by atoms with Crippen LogP contribution >= 0.6 is 0 Å². The Kier molecular flexibility index (Phi) is 5.42. The van der Waals surface area contributed by atoms with Crippen LogP contribution in [0.5, 0.6) is 0 Å². The lowest BCUT2D eigenvalue weighted by Gasteiger charge is -2.39. The maximum Gasteiger partial charge on any atom is 0.0602 e. The summed E-state index contributed by atoms with van der Waals surface area (Å²) in [6.45, 7) is 12.4. The minimum absolute atomic E-state index is 0.00376. The Morgan fingerprint density at radius 2 is 1.90 bits per heavy atom. The van der Waals surface area contributed by atoms with Gasteiger partial charge in [-0.15, -0.1) is 0 Å². The van der Waals surface area contributed by atoms with Crippen molar-refractivity contribution in [2.75, 3.05) is 46.0 Å². The number of aliphatic hydroxyl groups excluding tert-OH is 1. The van der Waals surface area contributed by atoms with Gasteiger partial charge in [-0.05, 0) is 11.8 Å². The van der Waals surface area contributed by atoms with Crippen LogP contribution in [-0.2, 0) is 4.74 Å². The molecule has 2 aliphatic rings. The van der Waals surface area contributed by atoms with Gasteiger partial charge in [0.25, 0.3) is 0 Å². The zero-order chi connectivity index (χ0) is 14.8. The maximum absolute atomic E-state index is 9.76. The van der Waals surface area contributed by atoms with E-state index in [1.807, 2.05) is 0 Å². The molecule has 3 unspecified atom stereocenters. The van der Waals surface area contributed by atoms with Crippen LogP contribution in [0.4, 0.5) is 0 Å². The van der Waals surface area contributed by atoms with Crippen LogP contribution in [0.25, 0.3) is 0 Å². The van der Waals surface area contributed by atoms with Gasteiger partial charge in [0, 0.05) is 44.3 Å². The molecule has 0 saturated carbocycles. The van der Waals surface area contributed by atoms with Crippen LogP contribution in [0.15, 0.2) is 0 Å². The topological polar surface area (TPSA) is 62.0 Å². The van der Waals surface area contributed by atoms with Crippen LogP contribution in [-0.4, -0.2) is 79.0 Å². The summed E-state index contributed by atoms with van der Waals surface area (Å²) < 4.78 is 5.42. The van der Waals surface area contributed by atoms with E-state index in [1.165, 1.54) is 6.42 Å². The molecule has 0 radical (unpaired) electrons. The molecule has 5 heteroatoms. The van der Waals surface area contributed by atoms with Crippen molar-refractivity contribution in [3.05, 3.63) is 0 Å². The number of nitrogens with zero attached hydrogens (tertiary/aromatic N) is 2. The highest BCUT2D eigenvalue weighted by Gasteiger charge is 2.37. The van der Waals surface area contributed by atoms with E-state index in [-0.39, 0.29) is 24.1 Å². The third-order valence-corrected chi connectivity index (χ3v) is 4.83. The molecule has 0 spiro atoms. The van der Waals surface area contributed by atoms with Gasteiger partial charge in [0.05, 0.1) is 19.8 Å². The molecule has 3 N–H and O–H groups in total. The summed E-state index contributed by atoms with van der Waals surface area (Å²) in [5.74, 6) is 0. The van der Waals surface area contributed by atoms with E-state index in [1.54, 1.807) is 0 Å². The molecule has 0 aromatic heterocycles. The Hall–Kier alpha value is -0.200. The number of rotatable bonds is 4. The zero-order valence-electron chi connectivity index (χ0n) is 13.2. The standard InChI is InChI=1S/C15H31N3O2/c1-15(2,3)14(16)13(11-19)18-5-4-12(10-18)17-6-8-20-9-7-17/h12-14,19H,4-11,16H2,1-3H3. The van der Waals surface area contributed by atoms with Gasteiger partial charge in [0.1, 0.15) is 0 Å². The third kappa shape index (κ3) is 3.71. The van der Waals surface area contributed by atoms with E-state index in [0.29, 0.717) is 6.04 Å². The van der Waals surface area contributed by atoms with Crippen molar-refractivity contribution in [3.63, 3.8) is 0 Å². The van der Waals surface area contributed by atoms with Gasteiger partial charge in [-0.25, -0.2) is 0 Å². The largest absolute Gasteiger partial charge is 0.395 e. The van der Waals surface area contributed by atoms with Gasteiger partial charge < -0.3 is 15.6 Å². The van der Waals surface area contributed by atoms with Gasteiger partial charge in [0.15, 0.2) is 0 Å². The molecule has 2 saturated heterocycles.